The van der Waals surface area contributed by atoms with Gasteiger partial charge in [-0.05, 0) is 44.9 Å². The van der Waals surface area contributed by atoms with Gasteiger partial charge in [-0.2, -0.15) is 0 Å². The summed E-state index contributed by atoms with van der Waals surface area (Å²) in [6.45, 7) is 4.70. The lowest BCUT2D eigenvalue weighted by Gasteiger charge is -2.29. The van der Waals surface area contributed by atoms with Gasteiger partial charge >= 0.3 is 0 Å². The highest BCUT2D eigenvalue weighted by Gasteiger charge is 2.23. The number of aliphatic hydroxyl groups excluding tert-OH is 1. The van der Waals surface area contributed by atoms with Crippen molar-refractivity contribution in [2.75, 3.05) is 40.9 Å². The number of rotatable bonds is 58. The molecule has 71 heavy (non-hydrogen) atoms. The second-order valence-electron chi connectivity index (χ2n) is 22.8. The Bertz CT molecular complexity index is 1210. The zero-order valence-corrected chi connectivity index (χ0v) is 49.1. The van der Waals surface area contributed by atoms with Crippen LogP contribution in [0.15, 0.2) is 24.3 Å². The number of likely N-dealkylation sites (N-methyl/N-ethyl adjacent to an activating group) is 1. The van der Waals surface area contributed by atoms with Crippen molar-refractivity contribution < 1.29 is 32.9 Å². The SMILES string of the molecule is CCCCCCCCCC/C=C\CCCCCCCCCCCCCCCCCCCCCC(=O)NC(COP(=O)([O-])OCC[N+](C)(C)C)C(O)/C=C/CCCCCCCCCCCCCCCCCC. The first-order chi connectivity index (χ1) is 34.5. The van der Waals surface area contributed by atoms with Gasteiger partial charge in [0.15, 0.2) is 0 Å². The largest absolute Gasteiger partial charge is 0.756 e. The summed E-state index contributed by atoms with van der Waals surface area (Å²) in [5.41, 5.74) is 0. The molecule has 0 aliphatic carbocycles. The maximum atomic E-state index is 13.0. The monoisotopic (exact) mass is 1020 g/mol. The van der Waals surface area contributed by atoms with Gasteiger partial charge in [-0.1, -0.05) is 289 Å². The van der Waals surface area contributed by atoms with Crippen molar-refractivity contribution in [3.05, 3.63) is 24.3 Å². The molecule has 9 heteroatoms. The molecule has 1 amide bonds. The van der Waals surface area contributed by atoms with Crippen LogP contribution in [0.2, 0.25) is 0 Å². The lowest BCUT2D eigenvalue weighted by molar-refractivity contribution is -0.870. The summed E-state index contributed by atoms with van der Waals surface area (Å²) < 4.78 is 23.4. The molecule has 3 atom stereocenters. The first-order valence-electron chi connectivity index (χ1n) is 31.2. The third-order valence-electron chi connectivity index (χ3n) is 14.4. The van der Waals surface area contributed by atoms with Crippen LogP contribution in [0.3, 0.4) is 0 Å². The molecule has 0 fully saturated rings. The predicted octanol–water partition coefficient (Wildman–Crippen LogP) is 18.5. The Kier molecular flexibility index (Phi) is 53.0. The van der Waals surface area contributed by atoms with Crippen molar-refractivity contribution >= 4 is 13.7 Å². The molecule has 0 saturated carbocycles. The molecule has 0 aromatic rings. The number of carbonyl (C=O) groups excluding carboxylic acids is 1. The van der Waals surface area contributed by atoms with Gasteiger partial charge in [0, 0.05) is 6.42 Å². The molecular weight excluding hydrogens is 900 g/mol. The minimum absolute atomic E-state index is 0.00167. The molecule has 0 heterocycles. The van der Waals surface area contributed by atoms with Crippen molar-refractivity contribution in [3.8, 4) is 0 Å². The number of nitrogens with one attached hydrogen (secondary N) is 1. The van der Waals surface area contributed by atoms with Crippen LogP contribution in [0.5, 0.6) is 0 Å². The summed E-state index contributed by atoms with van der Waals surface area (Å²) in [5.74, 6) is -0.191. The van der Waals surface area contributed by atoms with E-state index >= 15 is 0 Å². The minimum Gasteiger partial charge on any atom is -0.756 e. The van der Waals surface area contributed by atoms with E-state index < -0.39 is 20.0 Å². The lowest BCUT2D eigenvalue weighted by atomic mass is 10.0. The van der Waals surface area contributed by atoms with Crippen molar-refractivity contribution in [1.82, 2.24) is 5.32 Å². The van der Waals surface area contributed by atoms with E-state index in [0.29, 0.717) is 17.4 Å². The fraction of sp³-hybridized carbons (Fsp3) is 0.919. The summed E-state index contributed by atoms with van der Waals surface area (Å²) in [7, 11) is 1.28. The number of carbonyl (C=O) groups is 1. The van der Waals surface area contributed by atoms with Crippen LogP contribution in [-0.4, -0.2) is 68.5 Å². The van der Waals surface area contributed by atoms with Crippen LogP contribution >= 0.6 is 7.82 Å². The van der Waals surface area contributed by atoms with Gasteiger partial charge in [0.2, 0.25) is 5.91 Å². The van der Waals surface area contributed by atoms with Gasteiger partial charge in [-0.3, -0.25) is 9.36 Å². The second-order valence-corrected chi connectivity index (χ2v) is 24.2. The van der Waals surface area contributed by atoms with Crippen LogP contribution in [0, 0.1) is 0 Å². The van der Waals surface area contributed by atoms with Gasteiger partial charge in [0.25, 0.3) is 7.82 Å². The van der Waals surface area contributed by atoms with Crippen molar-refractivity contribution in [2.24, 2.45) is 0 Å². The fourth-order valence-corrected chi connectivity index (χ4v) is 10.2. The molecule has 0 aliphatic heterocycles. The van der Waals surface area contributed by atoms with Crippen LogP contribution in [-0.2, 0) is 18.4 Å². The molecule has 0 spiro atoms. The van der Waals surface area contributed by atoms with E-state index in [1.54, 1.807) is 6.08 Å². The molecule has 0 aliphatic rings. The number of allylic oxidation sites excluding steroid dienone is 3. The number of amides is 1. The summed E-state index contributed by atoms with van der Waals surface area (Å²) in [6, 6.07) is -0.884. The topological polar surface area (TPSA) is 108 Å². The van der Waals surface area contributed by atoms with E-state index in [1.165, 1.54) is 257 Å². The first kappa shape index (κ1) is 70.0. The molecule has 0 radical (unpaired) electrons. The highest BCUT2D eigenvalue weighted by Crippen LogP contribution is 2.38. The van der Waals surface area contributed by atoms with E-state index in [4.69, 9.17) is 9.05 Å². The van der Waals surface area contributed by atoms with Crippen molar-refractivity contribution in [1.29, 1.82) is 0 Å². The highest BCUT2D eigenvalue weighted by molar-refractivity contribution is 7.45. The summed E-state index contributed by atoms with van der Waals surface area (Å²) >= 11 is 0. The Balaban J connectivity index is 4.05. The number of phosphoric acid groups is 1. The number of hydrogen-bond acceptors (Lipinski definition) is 6. The molecule has 3 unspecified atom stereocenters. The zero-order chi connectivity index (χ0) is 52.0. The molecule has 0 aromatic carbocycles. The van der Waals surface area contributed by atoms with E-state index in [9.17, 15) is 19.4 Å². The van der Waals surface area contributed by atoms with Gasteiger partial charge in [-0.15, -0.1) is 0 Å². The van der Waals surface area contributed by atoms with Crippen LogP contribution in [0.1, 0.15) is 316 Å². The molecule has 8 nitrogen and oxygen atoms in total. The predicted molar refractivity (Wildman–Crippen MR) is 307 cm³/mol. The maximum absolute atomic E-state index is 13.0. The number of hydrogen-bond donors (Lipinski definition) is 2. The molecule has 0 bridgehead atoms. The third kappa shape index (κ3) is 56.5. The van der Waals surface area contributed by atoms with E-state index in [1.807, 2.05) is 27.2 Å². The molecule has 0 aromatic heterocycles. The standard InChI is InChI=1S/C62H123N2O6P/c1-6-8-10-12-14-16-18-20-22-24-26-27-28-29-30-31-32-33-34-35-36-37-38-40-42-44-46-48-50-52-54-56-62(66)63-60(59-70-71(67,68)69-58-57-64(3,4)5)61(65)55-53-51-49-47-45-43-41-39-25-23-21-19-17-15-13-11-9-7-2/h24,26,53,55,60-61,65H,6-23,25,27-52,54,56-59H2,1-5H3,(H-,63,66,67,68)/b26-24-,55-53+. The van der Waals surface area contributed by atoms with E-state index in [-0.39, 0.29) is 19.1 Å². The van der Waals surface area contributed by atoms with Crippen LogP contribution < -0.4 is 10.2 Å². The smallest absolute Gasteiger partial charge is 0.268 e. The Morgan fingerprint density at radius 2 is 0.775 bits per heavy atom. The van der Waals surface area contributed by atoms with Gasteiger partial charge in [-0.25, -0.2) is 0 Å². The zero-order valence-electron chi connectivity index (χ0n) is 48.2. The number of phosphoric ester groups is 1. The Morgan fingerprint density at radius 1 is 0.479 bits per heavy atom. The molecular formula is C62H123N2O6P. The Labute approximate surface area is 443 Å². The quantitative estimate of drug-likeness (QED) is 0.0272. The summed E-state index contributed by atoms with van der Waals surface area (Å²) in [5, 5.41) is 13.9. The number of unbranched alkanes of at least 4 members (excludes halogenated alkanes) is 43. The second kappa shape index (κ2) is 53.8. The number of quaternary nitrogens is 1. The van der Waals surface area contributed by atoms with E-state index in [2.05, 4.69) is 31.3 Å². The summed E-state index contributed by atoms with van der Waals surface area (Å²) in [4.78, 5) is 25.5. The highest BCUT2D eigenvalue weighted by atomic mass is 31.2. The number of nitrogens with zero attached hydrogens (tertiary/aromatic N) is 1. The third-order valence-corrected chi connectivity index (χ3v) is 15.4. The molecule has 0 saturated heterocycles. The van der Waals surface area contributed by atoms with Crippen LogP contribution in [0.4, 0.5) is 0 Å². The lowest BCUT2D eigenvalue weighted by Crippen LogP contribution is -2.45. The first-order valence-corrected chi connectivity index (χ1v) is 32.7. The summed E-state index contributed by atoms with van der Waals surface area (Å²) in [6.07, 6.45) is 68.4. The minimum atomic E-state index is -4.59. The molecule has 2 N–H and O–H groups in total. The van der Waals surface area contributed by atoms with Gasteiger partial charge in [0.05, 0.1) is 39.9 Å². The van der Waals surface area contributed by atoms with E-state index in [0.717, 1.165) is 38.5 Å². The maximum Gasteiger partial charge on any atom is 0.268 e. The van der Waals surface area contributed by atoms with Crippen molar-refractivity contribution in [2.45, 2.75) is 328 Å². The molecule has 422 valence electrons. The Hall–Kier alpha value is -1.02. The normalized spacial score (nSPS) is 14.0. The fourth-order valence-electron chi connectivity index (χ4n) is 9.50. The van der Waals surface area contributed by atoms with Crippen LogP contribution in [0.25, 0.3) is 0 Å². The average Bonchev–Trinajstić information content (AvgIpc) is 3.33. The Morgan fingerprint density at radius 3 is 1.10 bits per heavy atom. The molecule has 0 rings (SSSR count). The average molecular weight is 1020 g/mol. The number of aliphatic hydroxyl groups is 1. The van der Waals surface area contributed by atoms with Gasteiger partial charge < -0.3 is 28.8 Å². The van der Waals surface area contributed by atoms with Gasteiger partial charge in [0.1, 0.15) is 13.2 Å². The van der Waals surface area contributed by atoms with Crippen molar-refractivity contribution in [3.63, 3.8) is 0 Å².